The van der Waals surface area contributed by atoms with Crippen molar-refractivity contribution in [3.63, 3.8) is 0 Å². The van der Waals surface area contributed by atoms with Crippen LogP contribution in [0.15, 0.2) is 24.3 Å². The third-order valence-corrected chi connectivity index (χ3v) is 4.11. The molecule has 1 aliphatic carbocycles. The van der Waals surface area contributed by atoms with Gasteiger partial charge >= 0.3 is 6.18 Å². The van der Waals surface area contributed by atoms with Crippen LogP contribution in [0.5, 0.6) is 0 Å². The van der Waals surface area contributed by atoms with Gasteiger partial charge in [-0.25, -0.2) is 0 Å². The van der Waals surface area contributed by atoms with E-state index in [0.29, 0.717) is 6.04 Å². The van der Waals surface area contributed by atoms with Gasteiger partial charge in [0, 0.05) is 12.1 Å². The quantitative estimate of drug-likeness (QED) is 0.847. The summed E-state index contributed by atoms with van der Waals surface area (Å²) in [4.78, 5) is 0. The summed E-state index contributed by atoms with van der Waals surface area (Å²) < 4.78 is 37.4. The van der Waals surface area contributed by atoms with E-state index < -0.39 is 11.7 Å². The highest BCUT2D eigenvalue weighted by atomic mass is 19.4. The highest BCUT2D eigenvalue weighted by Gasteiger charge is 2.30. The molecule has 0 spiro atoms. The first-order valence-corrected chi connectivity index (χ1v) is 6.81. The number of nitrogens with one attached hydrogen (secondary N) is 1. The van der Waals surface area contributed by atoms with E-state index in [1.54, 1.807) is 12.1 Å². The molecule has 4 heteroatoms. The number of benzene rings is 1. The molecule has 2 rings (SSSR count). The van der Waals surface area contributed by atoms with Gasteiger partial charge in [0.1, 0.15) is 0 Å². The average molecular weight is 271 g/mol. The first-order valence-electron chi connectivity index (χ1n) is 6.81. The van der Waals surface area contributed by atoms with Crippen LogP contribution < -0.4 is 5.32 Å². The van der Waals surface area contributed by atoms with Gasteiger partial charge in [-0.2, -0.15) is 13.2 Å². The molecule has 19 heavy (non-hydrogen) atoms. The van der Waals surface area contributed by atoms with E-state index in [9.17, 15) is 13.2 Å². The Morgan fingerprint density at radius 1 is 1.11 bits per heavy atom. The number of halogens is 3. The second kappa shape index (κ2) is 5.53. The highest BCUT2D eigenvalue weighted by molar-refractivity contribution is 5.26. The normalized spacial score (nSPS) is 19.8. The molecule has 0 amide bonds. The van der Waals surface area contributed by atoms with E-state index >= 15 is 0 Å². The van der Waals surface area contributed by atoms with Crippen molar-refractivity contribution in [1.29, 1.82) is 0 Å². The van der Waals surface area contributed by atoms with Gasteiger partial charge in [0.25, 0.3) is 0 Å². The minimum Gasteiger partial charge on any atom is -0.307 e. The summed E-state index contributed by atoms with van der Waals surface area (Å²) in [7, 11) is 0. The van der Waals surface area contributed by atoms with Crippen molar-refractivity contribution in [1.82, 2.24) is 5.32 Å². The largest absolute Gasteiger partial charge is 0.416 e. The zero-order valence-electron chi connectivity index (χ0n) is 11.3. The van der Waals surface area contributed by atoms with Crippen LogP contribution in [0.25, 0.3) is 0 Å². The molecule has 0 aliphatic heterocycles. The molecule has 1 fully saturated rings. The van der Waals surface area contributed by atoms with Gasteiger partial charge in [-0.1, -0.05) is 18.6 Å². The second-order valence-corrected chi connectivity index (χ2v) is 5.49. The zero-order chi connectivity index (χ0) is 14.0. The number of hydrogen-bond acceptors (Lipinski definition) is 1. The fraction of sp³-hybridized carbons (Fsp3) is 0.600. The van der Waals surface area contributed by atoms with Crippen LogP contribution in [0.1, 0.15) is 50.3 Å². The van der Waals surface area contributed by atoms with Crippen LogP contribution in [0.3, 0.4) is 0 Å². The topological polar surface area (TPSA) is 12.0 Å². The minimum atomic E-state index is -4.26. The lowest BCUT2D eigenvalue weighted by atomic mass is 9.80. The number of hydrogen-bond donors (Lipinski definition) is 1. The highest BCUT2D eigenvalue weighted by Crippen LogP contribution is 2.32. The van der Waals surface area contributed by atoms with E-state index in [1.807, 2.05) is 6.92 Å². The summed E-state index contributed by atoms with van der Waals surface area (Å²) in [6.07, 6.45) is -0.443. The van der Waals surface area contributed by atoms with Crippen LogP contribution in [-0.2, 0) is 6.18 Å². The van der Waals surface area contributed by atoms with Crippen molar-refractivity contribution in [3.8, 4) is 0 Å². The molecule has 2 atom stereocenters. The van der Waals surface area contributed by atoms with Crippen molar-refractivity contribution < 1.29 is 13.2 Å². The Morgan fingerprint density at radius 2 is 1.68 bits per heavy atom. The summed E-state index contributed by atoms with van der Waals surface area (Å²) in [5, 5.41) is 3.48. The van der Waals surface area contributed by atoms with Crippen LogP contribution in [0, 0.1) is 5.92 Å². The molecule has 0 bridgehead atoms. The molecule has 1 aromatic rings. The lowest BCUT2D eigenvalue weighted by Crippen LogP contribution is -2.38. The van der Waals surface area contributed by atoms with E-state index in [-0.39, 0.29) is 6.04 Å². The Bertz CT molecular complexity index is 406. The van der Waals surface area contributed by atoms with Crippen molar-refractivity contribution in [2.45, 2.75) is 51.4 Å². The Hall–Kier alpha value is -1.03. The van der Waals surface area contributed by atoms with E-state index in [4.69, 9.17) is 0 Å². The van der Waals surface area contributed by atoms with Gasteiger partial charge < -0.3 is 5.32 Å². The van der Waals surface area contributed by atoms with E-state index in [2.05, 4.69) is 12.2 Å². The molecular weight excluding hydrogens is 251 g/mol. The van der Waals surface area contributed by atoms with Gasteiger partial charge in [-0.05, 0) is 50.3 Å². The van der Waals surface area contributed by atoms with Crippen molar-refractivity contribution in [2.24, 2.45) is 5.92 Å². The lowest BCUT2D eigenvalue weighted by molar-refractivity contribution is -0.137. The summed E-state index contributed by atoms with van der Waals surface area (Å²) in [5.74, 6) is 0.719. The average Bonchev–Trinajstić information content (AvgIpc) is 2.25. The molecule has 0 saturated heterocycles. The van der Waals surface area contributed by atoms with Gasteiger partial charge in [-0.15, -0.1) is 0 Å². The monoisotopic (exact) mass is 271 g/mol. The SMILES string of the molecule is CC(NC(C)C1CCC1)c1ccc(C(F)(F)F)cc1. The molecule has 106 valence electrons. The molecule has 0 heterocycles. The first kappa shape index (κ1) is 14.4. The summed E-state index contributed by atoms with van der Waals surface area (Å²) in [6.45, 7) is 4.15. The molecule has 1 aromatic carbocycles. The summed E-state index contributed by atoms with van der Waals surface area (Å²) >= 11 is 0. The molecule has 1 aliphatic rings. The molecule has 1 N–H and O–H groups in total. The smallest absolute Gasteiger partial charge is 0.307 e. The van der Waals surface area contributed by atoms with E-state index in [1.165, 1.54) is 19.3 Å². The Morgan fingerprint density at radius 3 is 2.11 bits per heavy atom. The number of alkyl halides is 3. The fourth-order valence-corrected chi connectivity index (χ4v) is 2.53. The maximum atomic E-state index is 12.5. The molecule has 1 saturated carbocycles. The van der Waals surface area contributed by atoms with Gasteiger partial charge in [-0.3, -0.25) is 0 Å². The van der Waals surface area contributed by atoms with Crippen LogP contribution in [0.4, 0.5) is 13.2 Å². The standard InChI is InChI=1S/C15H20F3N/c1-10(12-4-3-5-12)19-11(2)13-6-8-14(9-7-13)15(16,17)18/h6-12,19H,3-5H2,1-2H3. The van der Waals surface area contributed by atoms with Crippen LogP contribution in [-0.4, -0.2) is 6.04 Å². The van der Waals surface area contributed by atoms with Crippen molar-refractivity contribution in [2.75, 3.05) is 0 Å². The van der Waals surface area contributed by atoms with Crippen molar-refractivity contribution >= 4 is 0 Å². The molecule has 0 aromatic heterocycles. The van der Waals surface area contributed by atoms with Crippen LogP contribution >= 0.6 is 0 Å². The van der Waals surface area contributed by atoms with E-state index in [0.717, 1.165) is 23.6 Å². The lowest BCUT2D eigenvalue weighted by Gasteiger charge is -2.34. The minimum absolute atomic E-state index is 0.0814. The summed E-state index contributed by atoms with van der Waals surface area (Å²) in [6, 6.07) is 5.94. The Labute approximate surface area is 112 Å². The fourth-order valence-electron chi connectivity index (χ4n) is 2.53. The maximum Gasteiger partial charge on any atom is 0.416 e. The Kier molecular flexibility index (Phi) is 4.19. The van der Waals surface area contributed by atoms with Crippen molar-refractivity contribution in [3.05, 3.63) is 35.4 Å². The predicted molar refractivity (Wildman–Crippen MR) is 69.8 cm³/mol. The third-order valence-electron chi connectivity index (χ3n) is 4.11. The Balaban J connectivity index is 1.97. The van der Waals surface area contributed by atoms with Gasteiger partial charge in [0.15, 0.2) is 0 Å². The van der Waals surface area contributed by atoms with Gasteiger partial charge in [0.05, 0.1) is 5.56 Å². The molecule has 2 unspecified atom stereocenters. The second-order valence-electron chi connectivity index (χ2n) is 5.49. The van der Waals surface area contributed by atoms with Crippen LogP contribution in [0.2, 0.25) is 0 Å². The first-order chi connectivity index (χ1) is 8.88. The molecular formula is C15H20F3N. The maximum absolute atomic E-state index is 12.5. The molecule has 0 radical (unpaired) electrons. The zero-order valence-corrected chi connectivity index (χ0v) is 11.3. The third kappa shape index (κ3) is 3.50. The predicted octanol–water partition coefficient (Wildman–Crippen LogP) is 4.54. The number of rotatable bonds is 4. The summed E-state index contributed by atoms with van der Waals surface area (Å²) in [5.41, 5.74) is 0.315. The molecule has 1 nitrogen and oxygen atoms in total. The van der Waals surface area contributed by atoms with Gasteiger partial charge in [0.2, 0.25) is 0 Å².